The fourth-order valence-corrected chi connectivity index (χ4v) is 2.73. The number of pyridine rings is 1. The number of aromatic nitrogens is 3. The van der Waals surface area contributed by atoms with Crippen molar-refractivity contribution in [3.8, 4) is 5.82 Å². The van der Waals surface area contributed by atoms with Gasteiger partial charge in [-0.15, -0.1) is 0 Å². The summed E-state index contributed by atoms with van der Waals surface area (Å²) in [5.41, 5.74) is 2.57. The van der Waals surface area contributed by atoms with Gasteiger partial charge < -0.3 is 0 Å². The van der Waals surface area contributed by atoms with E-state index in [9.17, 15) is 4.39 Å². The molecule has 3 nitrogen and oxygen atoms in total. The fraction of sp³-hybridized carbons (Fsp3) is 0.333. The topological polar surface area (TPSA) is 30.7 Å². The van der Waals surface area contributed by atoms with Crippen LogP contribution in [0.4, 0.5) is 4.39 Å². The highest BCUT2D eigenvalue weighted by Gasteiger charge is 2.48. The summed E-state index contributed by atoms with van der Waals surface area (Å²) in [6.45, 7) is 0. The molecule has 2 aliphatic carbocycles. The van der Waals surface area contributed by atoms with Crippen LogP contribution in [0.3, 0.4) is 0 Å². The highest BCUT2D eigenvalue weighted by atomic mass is 19.1. The Bertz CT molecular complexity index is 575. The first-order chi connectivity index (χ1) is 7.83. The Hall–Kier alpha value is -1.71. The monoisotopic (exact) mass is 215 g/mol. The van der Waals surface area contributed by atoms with Gasteiger partial charge in [0.15, 0.2) is 5.82 Å². The molecule has 0 saturated heterocycles. The van der Waals surface area contributed by atoms with Gasteiger partial charge in [-0.25, -0.2) is 14.1 Å². The van der Waals surface area contributed by atoms with E-state index in [1.54, 1.807) is 4.68 Å². The van der Waals surface area contributed by atoms with Crippen molar-refractivity contribution in [3.05, 3.63) is 41.6 Å². The van der Waals surface area contributed by atoms with E-state index in [-0.39, 0.29) is 5.82 Å². The van der Waals surface area contributed by atoms with Gasteiger partial charge in [0, 0.05) is 18.2 Å². The Morgan fingerprint density at radius 2 is 2.38 bits per heavy atom. The SMILES string of the molecule is Fc1ccnc(-n2ncc3c2[C@@H]2C[C@@H]2C3)c1. The van der Waals surface area contributed by atoms with Crippen LogP contribution >= 0.6 is 0 Å². The standard InChI is InChI=1S/C12H10FN3/c13-9-1-2-14-11(5-9)16-12-8(6-15-16)3-7-4-10(7)12/h1-2,5-7,10H,3-4H2/t7-,10+/m0/s1. The fourth-order valence-electron chi connectivity index (χ4n) is 2.73. The summed E-state index contributed by atoms with van der Waals surface area (Å²) < 4.78 is 14.9. The third-order valence-electron chi connectivity index (χ3n) is 3.57. The quantitative estimate of drug-likeness (QED) is 0.729. The first-order valence-corrected chi connectivity index (χ1v) is 5.51. The summed E-state index contributed by atoms with van der Waals surface area (Å²) in [4.78, 5) is 4.17. The molecule has 0 bridgehead atoms. The zero-order valence-electron chi connectivity index (χ0n) is 8.60. The van der Waals surface area contributed by atoms with Gasteiger partial charge in [0.05, 0.1) is 11.9 Å². The molecule has 2 aromatic rings. The second-order valence-electron chi connectivity index (χ2n) is 4.61. The van der Waals surface area contributed by atoms with E-state index in [1.165, 1.54) is 36.0 Å². The Labute approximate surface area is 91.9 Å². The van der Waals surface area contributed by atoms with E-state index in [2.05, 4.69) is 10.1 Å². The highest BCUT2D eigenvalue weighted by Crippen LogP contribution is 2.56. The van der Waals surface area contributed by atoms with Gasteiger partial charge in [0.1, 0.15) is 5.82 Å². The van der Waals surface area contributed by atoms with E-state index < -0.39 is 0 Å². The van der Waals surface area contributed by atoms with Crippen molar-refractivity contribution in [2.75, 3.05) is 0 Å². The van der Waals surface area contributed by atoms with Gasteiger partial charge in [-0.2, -0.15) is 5.10 Å². The van der Waals surface area contributed by atoms with Crippen molar-refractivity contribution in [2.45, 2.75) is 18.8 Å². The zero-order valence-corrected chi connectivity index (χ0v) is 8.60. The van der Waals surface area contributed by atoms with Crippen molar-refractivity contribution >= 4 is 0 Å². The summed E-state index contributed by atoms with van der Waals surface area (Å²) in [7, 11) is 0. The summed E-state index contributed by atoms with van der Waals surface area (Å²) >= 11 is 0. The van der Waals surface area contributed by atoms with Crippen LogP contribution in [0, 0.1) is 11.7 Å². The summed E-state index contributed by atoms with van der Waals surface area (Å²) in [5, 5.41) is 4.31. The van der Waals surface area contributed by atoms with Crippen LogP contribution in [0.5, 0.6) is 0 Å². The van der Waals surface area contributed by atoms with Crippen molar-refractivity contribution in [1.82, 2.24) is 14.8 Å². The molecule has 16 heavy (non-hydrogen) atoms. The van der Waals surface area contributed by atoms with Crippen LogP contribution in [-0.2, 0) is 6.42 Å². The molecule has 2 atom stereocenters. The van der Waals surface area contributed by atoms with Crippen molar-refractivity contribution in [3.63, 3.8) is 0 Å². The molecular weight excluding hydrogens is 205 g/mol. The molecule has 2 aromatic heterocycles. The van der Waals surface area contributed by atoms with Crippen LogP contribution in [-0.4, -0.2) is 14.8 Å². The van der Waals surface area contributed by atoms with Gasteiger partial charge in [-0.05, 0) is 30.4 Å². The molecule has 1 saturated carbocycles. The van der Waals surface area contributed by atoms with Gasteiger partial charge in [0.25, 0.3) is 0 Å². The van der Waals surface area contributed by atoms with Gasteiger partial charge >= 0.3 is 0 Å². The number of rotatable bonds is 1. The number of fused-ring (bicyclic) bond motifs is 3. The minimum absolute atomic E-state index is 0.264. The normalized spacial score (nSPS) is 25.3. The Balaban J connectivity index is 1.89. The molecule has 0 aromatic carbocycles. The molecule has 4 heteroatoms. The molecule has 2 aliphatic rings. The first-order valence-electron chi connectivity index (χ1n) is 5.51. The van der Waals surface area contributed by atoms with Crippen LogP contribution in [0.1, 0.15) is 23.6 Å². The minimum atomic E-state index is -0.264. The van der Waals surface area contributed by atoms with Crippen LogP contribution < -0.4 is 0 Å². The Kier molecular flexibility index (Phi) is 1.42. The predicted molar refractivity (Wildman–Crippen MR) is 55.9 cm³/mol. The number of halogens is 1. The maximum atomic E-state index is 13.1. The summed E-state index contributed by atoms with van der Waals surface area (Å²) in [6, 6.07) is 2.79. The van der Waals surface area contributed by atoms with Crippen molar-refractivity contribution in [2.24, 2.45) is 5.92 Å². The first kappa shape index (κ1) is 8.44. The largest absolute Gasteiger partial charge is 0.237 e. The molecule has 2 heterocycles. The summed E-state index contributed by atoms with van der Waals surface area (Å²) in [5.74, 6) is 1.78. The molecule has 0 amide bonds. The molecular formula is C12H10FN3. The average Bonchev–Trinajstić information content (AvgIpc) is 2.75. The lowest BCUT2D eigenvalue weighted by Crippen LogP contribution is -2.03. The van der Waals surface area contributed by atoms with Crippen LogP contribution in [0.15, 0.2) is 24.5 Å². The molecule has 0 aliphatic heterocycles. The average molecular weight is 215 g/mol. The maximum Gasteiger partial charge on any atom is 0.156 e. The van der Waals surface area contributed by atoms with Crippen LogP contribution in [0.2, 0.25) is 0 Å². The number of hydrogen-bond acceptors (Lipinski definition) is 2. The zero-order chi connectivity index (χ0) is 10.7. The van der Waals surface area contributed by atoms with Crippen molar-refractivity contribution < 1.29 is 4.39 Å². The van der Waals surface area contributed by atoms with E-state index in [0.717, 1.165) is 12.3 Å². The van der Waals surface area contributed by atoms with E-state index >= 15 is 0 Å². The van der Waals surface area contributed by atoms with Gasteiger partial charge in [-0.3, -0.25) is 0 Å². The van der Waals surface area contributed by atoms with E-state index in [0.29, 0.717) is 11.7 Å². The van der Waals surface area contributed by atoms with Gasteiger partial charge in [0.2, 0.25) is 0 Å². The van der Waals surface area contributed by atoms with Gasteiger partial charge in [-0.1, -0.05) is 0 Å². The van der Waals surface area contributed by atoms with E-state index in [4.69, 9.17) is 0 Å². The molecule has 0 unspecified atom stereocenters. The lowest BCUT2D eigenvalue weighted by atomic mass is 10.2. The smallest absolute Gasteiger partial charge is 0.156 e. The third kappa shape index (κ3) is 1.01. The molecule has 4 rings (SSSR count). The number of hydrogen-bond donors (Lipinski definition) is 0. The molecule has 1 fully saturated rings. The van der Waals surface area contributed by atoms with E-state index in [1.807, 2.05) is 6.20 Å². The molecule has 80 valence electrons. The van der Waals surface area contributed by atoms with Crippen LogP contribution in [0.25, 0.3) is 5.82 Å². The molecule has 0 N–H and O–H groups in total. The lowest BCUT2D eigenvalue weighted by Gasteiger charge is -2.04. The Morgan fingerprint density at radius 1 is 1.44 bits per heavy atom. The Morgan fingerprint density at radius 3 is 3.25 bits per heavy atom. The van der Waals surface area contributed by atoms with Crippen molar-refractivity contribution in [1.29, 1.82) is 0 Å². The highest BCUT2D eigenvalue weighted by molar-refractivity contribution is 5.40. The second-order valence-corrected chi connectivity index (χ2v) is 4.61. The lowest BCUT2D eigenvalue weighted by molar-refractivity contribution is 0.620. The minimum Gasteiger partial charge on any atom is -0.237 e. The molecule has 0 spiro atoms. The molecule has 0 radical (unpaired) electrons. The third-order valence-corrected chi connectivity index (χ3v) is 3.57. The second kappa shape index (κ2) is 2.70. The summed E-state index contributed by atoms with van der Waals surface area (Å²) in [6.07, 6.45) is 5.77. The maximum absolute atomic E-state index is 13.1. The predicted octanol–water partition coefficient (Wildman–Crippen LogP) is 2.07. The number of nitrogens with zero attached hydrogens (tertiary/aromatic N) is 3.